The Morgan fingerprint density at radius 2 is 0.920 bits per heavy atom. The van der Waals surface area contributed by atoms with Gasteiger partial charge in [0.05, 0.1) is 33.4 Å². The smallest absolute Gasteiger partial charge is 0.275 e. The van der Waals surface area contributed by atoms with Gasteiger partial charge in [0.15, 0.2) is 0 Å². The van der Waals surface area contributed by atoms with E-state index < -0.39 is 0 Å². The molecular weight excluding hydrogens is 613 g/mol. The Bertz CT molecular complexity index is 3120. The molecule has 13 rings (SSSR count). The van der Waals surface area contributed by atoms with Gasteiger partial charge in [0, 0.05) is 56.6 Å². The molecule has 6 heterocycles. The second-order valence-corrected chi connectivity index (χ2v) is 13.6. The summed E-state index contributed by atoms with van der Waals surface area (Å²) in [4.78, 5) is 5.00. The van der Waals surface area contributed by atoms with Crippen LogP contribution in [0, 0.1) is 0 Å². The average molecular weight is 638 g/mol. The highest BCUT2D eigenvalue weighted by Gasteiger charge is 2.53. The van der Waals surface area contributed by atoms with E-state index in [2.05, 4.69) is 160 Å². The Morgan fingerprint density at radius 1 is 0.420 bits per heavy atom. The summed E-state index contributed by atoms with van der Waals surface area (Å²) in [7, 11) is 0. The van der Waals surface area contributed by atoms with Gasteiger partial charge in [-0.25, -0.2) is 0 Å². The highest BCUT2D eigenvalue weighted by Crippen LogP contribution is 2.55. The highest BCUT2D eigenvalue weighted by molar-refractivity contribution is 7.02. The van der Waals surface area contributed by atoms with Crippen molar-refractivity contribution < 1.29 is 8.83 Å². The molecule has 3 aliphatic rings. The summed E-state index contributed by atoms with van der Waals surface area (Å²) in [6.07, 6.45) is 0. The SMILES string of the molecule is c1ccc(N2c3cc4oc5ccccc5c4c4c3B3c5c(cc6oc7ccccc7c6c5N4c4ccccc4)-n4c3c2c2ccccc24)cc1. The number of para-hydroxylation sites is 5. The molecule has 0 aliphatic carbocycles. The average Bonchev–Trinajstić information content (AvgIpc) is 3.92. The van der Waals surface area contributed by atoms with Gasteiger partial charge in [-0.2, -0.15) is 0 Å². The molecule has 3 aliphatic heterocycles. The highest BCUT2D eigenvalue weighted by atomic mass is 16.3. The molecule has 0 saturated carbocycles. The van der Waals surface area contributed by atoms with Gasteiger partial charge in [0.25, 0.3) is 6.71 Å². The third-order valence-electron chi connectivity index (χ3n) is 11.2. The van der Waals surface area contributed by atoms with E-state index in [0.29, 0.717) is 0 Å². The third kappa shape index (κ3) is 2.82. The topological polar surface area (TPSA) is 37.7 Å². The summed E-state index contributed by atoms with van der Waals surface area (Å²) in [5.41, 5.74) is 16.8. The summed E-state index contributed by atoms with van der Waals surface area (Å²) < 4.78 is 16.1. The number of aromatic nitrogens is 1. The van der Waals surface area contributed by atoms with Gasteiger partial charge in [-0.1, -0.05) is 91.0 Å². The van der Waals surface area contributed by atoms with Gasteiger partial charge < -0.3 is 23.2 Å². The lowest BCUT2D eigenvalue weighted by atomic mass is 9.36. The minimum absolute atomic E-state index is 0.00319. The number of hydrogen-bond donors (Lipinski definition) is 0. The van der Waals surface area contributed by atoms with E-state index in [-0.39, 0.29) is 6.71 Å². The maximum absolute atomic E-state index is 6.81. The standard InChI is InChI=1S/C44H24BN3O2/c1-3-13-25(14-4-1)46-31-23-35-37(28-18-8-11-21-33(28)49-35)42-39(31)45-40-32(48-30-20-10-7-17-27(30)41(46)44(45)48)24-36-38(29-19-9-12-22-34(29)50-36)43(40)47(42)26-15-5-2-6-16-26/h1-24H. The number of hydrogen-bond acceptors (Lipinski definition) is 4. The van der Waals surface area contributed by atoms with E-state index in [1.54, 1.807) is 0 Å². The monoisotopic (exact) mass is 637 g/mol. The number of nitrogens with zero attached hydrogens (tertiary/aromatic N) is 3. The van der Waals surface area contributed by atoms with Gasteiger partial charge in [-0.05, 0) is 53.4 Å². The molecule has 0 saturated heterocycles. The predicted molar refractivity (Wildman–Crippen MR) is 205 cm³/mol. The first-order valence-electron chi connectivity index (χ1n) is 17.2. The molecule has 10 aromatic rings. The van der Waals surface area contributed by atoms with Crippen LogP contribution in [0.1, 0.15) is 0 Å². The maximum atomic E-state index is 6.81. The fourth-order valence-corrected chi connectivity index (χ4v) is 9.47. The van der Waals surface area contributed by atoms with E-state index in [1.165, 1.54) is 50.2 Å². The Kier molecular flexibility index (Phi) is 4.40. The zero-order valence-corrected chi connectivity index (χ0v) is 26.6. The van der Waals surface area contributed by atoms with E-state index in [9.17, 15) is 0 Å². The van der Waals surface area contributed by atoms with E-state index in [0.717, 1.165) is 60.9 Å². The van der Waals surface area contributed by atoms with Crippen molar-refractivity contribution >= 4 is 112 Å². The van der Waals surface area contributed by atoms with Crippen LogP contribution in [0.3, 0.4) is 0 Å². The van der Waals surface area contributed by atoms with Gasteiger partial charge in [0.1, 0.15) is 22.3 Å². The van der Waals surface area contributed by atoms with E-state index in [1.807, 2.05) is 0 Å². The molecule has 0 atom stereocenters. The lowest BCUT2D eigenvalue weighted by Gasteiger charge is -2.42. The van der Waals surface area contributed by atoms with Crippen molar-refractivity contribution in [1.82, 2.24) is 4.57 Å². The van der Waals surface area contributed by atoms with Crippen LogP contribution in [0.15, 0.2) is 154 Å². The normalized spacial score (nSPS) is 13.9. The molecule has 0 unspecified atom stereocenters. The molecule has 3 aromatic heterocycles. The van der Waals surface area contributed by atoms with Crippen molar-refractivity contribution in [3.63, 3.8) is 0 Å². The molecule has 5 nitrogen and oxygen atoms in total. The fourth-order valence-electron chi connectivity index (χ4n) is 9.47. The minimum atomic E-state index is 0.00319. The quantitative estimate of drug-likeness (QED) is 0.177. The summed E-state index contributed by atoms with van der Waals surface area (Å²) in [6.45, 7) is 0.00319. The molecule has 0 bridgehead atoms. The number of rotatable bonds is 2. The molecule has 0 radical (unpaired) electrons. The predicted octanol–water partition coefficient (Wildman–Crippen LogP) is 9.83. The molecule has 230 valence electrons. The first-order chi connectivity index (χ1) is 24.8. The second kappa shape index (κ2) is 8.68. The summed E-state index contributed by atoms with van der Waals surface area (Å²) in [5.74, 6) is 0. The lowest BCUT2D eigenvalue weighted by Crippen LogP contribution is -2.59. The number of furan rings is 2. The van der Waals surface area contributed by atoms with Crippen LogP contribution >= 0.6 is 0 Å². The van der Waals surface area contributed by atoms with Crippen molar-refractivity contribution in [3.05, 3.63) is 146 Å². The van der Waals surface area contributed by atoms with Crippen LogP contribution in [0.2, 0.25) is 0 Å². The largest absolute Gasteiger partial charge is 0.456 e. The first kappa shape index (κ1) is 25.4. The molecule has 0 amide bonds. The molecule has 6 heteroatoms. The number of benzene rings is 7. The number of fused-ring (bicyclic) bond motifs is 12. The van der Waals surface area contributed by atoms with Crippen LogP contribution in [-0.4, -0.2) is 11.3 Å². The molecule has 0 fully saturated rings. The fraction of sp³-hybridized carbons (Fsp3) is 0. The van der Waals surface area contributed by atoms with Crippen molar-refractivity contribution in [2.45, 2.75) is 0 Å². The Hall–Kier alpha value is -6.66. The second-order valence-electron chi connectivity index (χ2n) is 13.6. The Balaban J connectivity index is 1.34. The van der Waals surface area contributed by atoms with Crippen LogP contribution in [0.25, 0.3) is 60.5 Å². The number of anilines is 6. The van der Waals surface area contributed by atoms with Gasteiger partial charge in [-0.15, -0.1) is 0 Å². The summed E-state index contributed by atoms with van der Waals surface area (Å²) >= 11 is 0. The molecule has 0 spiro atoms. The Labute approximate surface area is 285 Å². The van der Waals surface area contributed by atoms with Gasteiger partial charge in [0.2, 0.25) is 0 Å². The third-order valence-corrected chi connectivity index (χ3v) is 11.2. The van der Waals surface area contributed by atoms with Crippen molar-refractivity contribution in [3.8, 4) is 5.69 Å². The van der Waals surface area contributed by atoms with E-state index >= 15 is 0 Å². The van der Waals surface area contributed by atoms with Gasteiger partial charge in [-0.3, -0.25) is 0 Å². The van der Waals surface area contributed by atoms with Crippen molar-refractivity contribution in [1.29, 1.82) is 0 Å². The van der Waals surface area contributed by atoms with Crippen LogP contribution in [0.5, 0.6) is 0 Å². The van der Waals surface area contributed by atoms with Crippen molar-refractivity contribution in [2.75, 3.05) is 9.80 Å². The minimum Gasteiger partial charge on any atom is -0.456 e. The lowest BCUT2D eigenvalue weighted by molar-refractivity contribution is 0.668. The van der Waals surface area contributed by atoms with Crippen LogP contribution in [-0.2, 0) is 0 Å². The van der Waals surface area contributed by atoms with Gasteiger partial charge >= 0.3 is 0 Å². The molecule has 0 N–H and O–H groups in total. The first-order valence-corrected chi connectivity index (χ1v) is 17.2. The molecular formula is C44H24BN3O2. The molecule has 7 aromatic carbocycles. The zero-order valence-electron chi connectivity index (χ0n) is 26.6. The maximum Gasteiger partial charge on any atom is 0.275 e. The molecule has 50 heavy (non-hydrogen) atoms. The summed E-state index contributed by atoms with van der Waals surface area (Å²) in [6, 6.07) is 52.0. The van der Waals surface area contributed by atoms with Crippen molar-refractivity contribution in [2.24, 2.45) is 0 Å². The summed E-state index contributed by atoms with van der Waals surface area (Å²) in [5, 5.41) is 5.74. The zero-order chi connectivity index (χ0) is 32.2. The van der Waals surface area contributed by atoms with Crippen LogP contribution in [0.4, 0.5) is 34.1 Å². The van der Waals surface area contributed by atoms with E-state index in [4.69, 9.17) is 8.83 Å². The Morgan fingerprint density at radius 3 is 1.56 bits per heavy atom. The van der Waals surface area contributed by atoms with Crippen LogP contribution < -0.4 is 26.3 Å².